The number of carbonyl (C=O) groups excluding carboxylic acids is 1. The van der Waals surface area contributed by atoms with Crippen molar-refractivity contribution < 1.29 is 22.3 Å². The molecule has 0 radical (unpaired) electrons. The first-order valence-corrected chi connectivity index (χ1v) is 11.8. The van der Waals surface area contributed by atoms with E-state index in [1.807, 2.05) is 18.2 Å². The molecule has 1 atom stereocenters. The molecular formula is C22H20FIN2O4S. The number of anilines is 1. The number of hydrogen-bond acceptors (Lipinski definition) is 4. The Morgan fingerprint density at radius 3 is 2.39 bits per heavy atom. The van der Waals surface area contributed by atoms with Gasteiger partial charge in [-0.05, 0) is 77.0 Å². The van der Waals surface area contributed by atoms with Gasteiger partial charge >= 0.3 is 0 Å². The molecule has 1 unspecified atom stereocenters. The van der Waals surface area contributed by atoms with Crippen LogP contribution in [-0.2, 0) is 21.2 Å². The van der Waals surface area contributed by atoms with Crippen LogP contribution in [0.3, 0.4) is 0 Å². The number of benzene rings is 3. The molecule has 3 aromatic carbocycles. The summed E-state index contributed by atoms with van der Waals surface area (Å²) in [5.74, 6) is -1.29. The molecule has 6 nitrogen and oxygen atoms in total. The molecule has 1 amide bonds. The van der Waals surface area contributed by atoms with Crippen molar-refractivity contribution in [1.29, 1.82) is 0 Å². The maximum Gasteiger partial charge on any atom is 0.245 e. The molecule has 162 valence electrons. The number of carbonyl (C=O) groups is 1. The number of nitrogens with one attached hydrogen (secondary N) is 2. The summed E-state index contributed by atoms with van der Waals surface area (Å²) in [7, 11) is -2.98. The van der Waals surface area contributed by atoms with Gasteiger partial charge in [0.1, 0.15) is 22.5 Å². The van der Waals surface area contributed by atoms with Gasteiger partial charge in [0.25, 0.3) is 0 Å². The lowest BCUT2D eigenvalue weighted by Crippen LogP contribution is -2.45. The lowest BCUT2D eigenvalue weighted by molar-refractivity contribution is -0.117. The number of methoxy groups -OCH3 is 1. The number of rotatable bonds is 8. The maximum absolute atomic E-state index is 13.7. The lowest BCUT2D eigenvalue weighted by Gasteiger charge is -2.20. The van der Waals surface area contributed by atoms with Crippen LogP contribution in [0.25, 0.3) is 0 Å². The summed E-state index contributed by atoms with van der Waals surface area (Å²) in [6.45, 7) is 0. The maximum atomic E-state index is 13.7. The minimum absolute atomic E-state index is 0.0228. The predicted octanol–water partition coefficient (Wildman–Crippen LogP) is 3.97. The van der Waals surface area contributed by atoms with Gasteiger partial charge in [0.15, 0.2) is 0 Å². The molecule has 31 heavy (non-hydrogen) atoms. The van der Waals surface area contributed by atoms with Crippen molar-refractivity contribution in [3.05, 3.63) is 87.7 Å². The number of amides is 1. The molecule has 0 aliphatic carbocycles. The smallest absolute Gasteiger partial charge is 0.245 e. The Bertz CT molecular complexity index is 1160. The Balaban J connectivity index is 1.91. The Hall–Kier alpha value is -2.50. The Morgan fingerprint density at radius 1 is 1.06 bits per heavy atom. The number of halogens is 2. The zero-order valence-electron chi connectivity index (χ0n) is 16.5. The highest BCUT2D eigenvalue weighted by atomic mass is 127. The predicted molar refractivity (Wildman–Crippen MR) is 125 cm³/mol. The van der Waals surface area contributed by atoms with Crippen LogP contribution in [0.15, 0.2) is 77.7 Å². The molecule has 0 saturated heterocycles. The number of hydrogen-bond donors (Lipinski definition) is 2. The summed E-state index contributed by atoms with van der Waals surface area (Å²) in [6, 6.07) is 18.2. The number of sulfonamides is 1. The van der Waals surface area contributed by atoms with Crippen LogP contribution in [0.4, 0.5) is 10.1 Å². The fourth-order valence-corrected chi connectivity index (χ4v) is 4.65. The molecular weight excluding hydrogens is 534 g/mol. The second kappa shape index (κ2) is 10.2. The Labute approximate surface area is 194 Å². The van der Waals surface area contributed by atoms with Crippen LogP contribution < -0.4 is 14.8 Å². The highest BCUT2D eigenvalue weighted by molar-refractivity contribution is 14.1. The van der Waals surface area contributed by atoms with Crippen molar-refractivity contribution in [2.24, 2.45) is 0 Å². The minimum Gasteiger partial charge on any atom is -0.495 e. The zero-order valence-corrected chi connectivity index (χ0v) is 19.5. The SMILES string of the molecule is COc1ccc(F)cc1S(=O)(=O)NC(Cc1ccccc1)C(=O)Nc1ccc(I)cc1. The molecule has 0 aliphatic rings. The summed E-state index contributed by atoms with van der Waals surface area (Å²) in [6.07, 6.45) is 0.105. The molecule has 3 aromatic rings. The molecule has 0 aromatic heterocycles. The van der Waals surface area contributed by atoms with Crippen LogP contribution >= 0.6 is 22.6 Å². The average molecular weight is 554 g/mol. The van der Waals surface area contributed by atoms with E-state index in [4.69, 9.17) is 4.74 Å². The van der Waals surface area contributed by atoms with Crippen molar-refractivity contribution in [2.45, 2.75) is 17.4 Å². The second-order valence-electron chi connectivity index (χ2n) is 6.65. The zero-order chi connectivity index (χ0) is 22.4. The third-order valence-corrected chi connectivity index (χ3v) is 6.64. The van der Waals surface area contributed by atoms with Crippen molar-refractivity contribution in [3.8, 4) is 5.75 Å². The van der Waals surface area contributed by atoms with Crippen molar-refractivity contribution in [1.82, 2.24) is 4.72 Å². The van der Waals surface area contributed by atoms with E-state index in [1.54, 1.807) is 36.4 Å². The van der Waals surface area contributed by atoms with Crippen LogP contribution in [0.1, 0.15) is 5.56 Å². The quantitative estimate of drug-likeness (QED) is 0.413. The second-order valence-corrected chi connectivity index (χ2v) is 9.58. The first-order valence-electron chi connectivity index (χ1n) is 9.25. The monoisotopic (exact) mass is 554 g/mol. The fraction of sp³-hybridized carbons (Fsp3) is 0.136. The van der Waals surface area contributed by atoms with Gasteiger partial charge < -0.3 is 10.1 Å². The molecule has 0 spiro atoms. The van der Waals surface area contributed by atoms with E-state index in [2.05, 4.69) is 32.6 Å². The lowest BCUT2D eigenvalue weighted by atomic mass is 10.1. The van der Waals surface area contributed by atoms with Crippen LogP contribution in [0.2, 0.25) is 0 Å². The first kappa shape index (κ1) is 23.2. The van der Waals surface area contributed by atoms with Crippen LogP contribution in [0, 0.1) is 9.39 Å². The van der Waals surface area contributed by atoms with E-state index in [9.17, 15) is 17.6 Å². The summed E-state index contributed by atoms with van der Waals surface area (Å²) in [5, 5.41) is 2.73. The van der Waals surface area contributed by atoms with Crippen molar-refractivity contribution in [3.63, 3.8) is 0 Å². The van der Waals surface area contributed by atoms with Crippen molar-refractivity contribution >= 4 is 44.2 Å². The average Bonchev–Trinajstić information content (AvgIpc) is 2.75. The fourth-order valence-electron chi connectivity index (χ4n) is 2.91. The van der Waals surface area contributed by atoms with Gasteiger partial charge in [-0.3, -0.25) is 4.79 Å². The summed E-state index contributed by atoms with van der Waals surface area (Å²) < 4.78 is 48.3. The van der Waals surface area contributed by atoms with E-state index in [0.29, 0.717) is 5.69 Å². The van der Waals surface area contributed by atoms with Gasteiger partial charge in [-0.2, -0.15) is 4.72 Å². The van der Waals surface area contributed by atoms with Crippen LogP contribution in [0.5, 0.6) is 5.75 Å². The third kappa shape index (κ3) is 6.25. The normalized spacial score (nSPS) is 12.2. The molecule has 0 aliphatic heterocycles. The van der Waals surface area contributed by atoms with E-state index < -0.39 is 27.8 Å². The minimum atomic E-state index is -4.27. The van der Waals surface area contributed by atoms with Gasteiger partial charge in [0.05, 0.1) is 7.11 Å². The molecule has 0 bridgehead atoms. The first-order chi connectivity index (χ1) is 14.8. The summed E-state index contributed by atoms with van der Waals surface area (Å²) >= 11 is 2.15. The molecule has 2 N–H and O–H groups in total. The highest BCUT2D eigenvalue weighted by Gasteiger charge is 2.28. The van der Waals surface area contributed by atoms with Crippen molar-refractivity contribution in [2.75, 3.05) is 12.4 Å². The Morgan fingerprint density at radius 2 is 1.74 bits per heavy atom. The van der Waals surface area contributed by atoms with Crippen LogP contribution in [-0.4, -0.2) is 27.5 Å². The van der Waals surface area contributed by atoms with E-state index in [0.717, 1.165) is 21.3 Å². The molecule has 0 heterocycles. The Kier molecular flexibility index (Phi) is 7.63. The van der Waals surface area contributed by atoms with E-state index >= 15 is 0 Å². The third-order valence-electron chi connectivity index (χ3n) is 4.42. The topological polar surface area (TPSA) is 84.5 Å². The number of ether oxygens (including phenoxy) is 1. The van der Waals surface area contributed by atoms with E-state index in [1.165, 1.54) is 13.2 Å². The van der Waals surface area contributed by atoms with Gasteiger partial charge in [-0.1, -0.05) is 30.3 Å². The molecule has 9 heteroatoms. The molecule has 3 rings (SSSR count). The van der Waals surface area contributed by atoms with Gasteiger partial charge in [0, 0.05) is 9.26 Å². The van der Waals surface area contributed by atoms with Gasteiger partial charge in [0.2, 0.25) is 15.9 Å². The summed E-state index contributed by atoms with van der Waals surface area (Å²) in [4.78, 5) is 12.6. The van der Waals surface area contributed by atoms with E-state index in [-0.39, 0.29) is 17.1 Å². The molecule has 0 fully saturated rings. The standard InChI is InChI=1S/C22H20FIN2O4S/c1-30-20-12-7-16(23)14-21(20)31(28,29)26-19(13-15-5-3-2-4-6-15)22(27)25-18-10-8-17(24)9-11-18/h2-12,14,19,26H,13H2,1H3,(H,25,27). The highest BCUT2D eigenvalue weighted by Crippen LogP contribution is 2.25. The van der Waals surface area contributed by atoms with Gasteiger partial charge in [-0.15, -0.1) is 0 Å². The molecule has 0 saturated carbocycles. The van der Waals surface area contributed by atoms with Gasteiger partial charge in [-0.25, -0.2) is 12.8 Å². The largest absolute Gasteiger partial charge is 0.495 e. The summed E-state index contributed by atoms with van der Waals surface area (Å²) in [5.41, 5.74) is 1.30.